The Labute approximate surface area is 153 Å². The number of rotatable bonds is 6. The number of aliphatic hydroxyl groups excluding tert-OH is 1. The summed E-state index contributed by atoms with van der Waals surface area (Å²) >= 11 is 1.64. The predicted octanol–water partition coefficient (Wildman–Crippen LogP) is 2.44. The summed E-state index contributed by atoms with van der Waals surface area (Å²) in [6.07, 6.45) is 0.665. The molecule has 1 fully saturated rings. The smallest absolute Gasteiger partial charge is 0.191 e. The van der Waals surface area contributed by atoms with Crippen molar-refractivity contribution in [2.45, 2.75) is 19.4 Å². The summed E-state index contributed by atoms with van der Waals surface area (Å²) in [5.41, 5.74) is 0. The molecule has 1 aromatic heterocycles. The van der Waals surface area contributed by atoms with Crippen molar-refractivity contribution < 1.29 is 5.11 Å². The van der Waals surface area contributed by atoms with Crippen LogP contribution < -0.4 is 10.6 Å². The van der Waals surface area contributed by atoms with Crippen LogP contribution >= 0.6 is 11.3 Å². The third kappa shape index (κ3) is 4.93. The number of aliphatic imine (C=N–C) groups is 1. The highest BCUT2D eigenvalue weighted by atomic mass is 32.1. The quantitative estimate of drug-likeness (QED) is 0.547. The van der Waals surface area contributed by atoms with Gasteiger partial charge in [-0.15, -0.1) is 11.3 Å². The zero-order chi connectivity index (χ0) is 17.6. The monoisotopic (exact) mass is 360 g/mol. The van der Waals surface area contributed by atoms with Gasteiger partial charge in [0.05, 0.1) is 6.54 Å². The Morgan fingerprint density at radius 3 is 2.96 bits per heavy atom. The van der Waals surface area contributed by atoms with Gasteiger partial charge in [0.15, 0.2) is 5.96 Å². The molecule has 1 aliphatic heterocycles. The van der Waals surface area contributed by atoms with E-state index in [-0.39, 0.29) is 0 Å². The van der Waals surface area contributed by atoms with Crippen molar-refractivity contribution >= 4 is 27.4 Å². The van der Waals surface area contributed by atoms with Gasteiger partial charge in [0.1, 0.15) is 6.10 Å². The largest absolute Gasteiger partial charge is 0.386 e. The molecule has 1 aromatic carbocycles. The fraction of sp³-hybridized carbons (Fsp3) is 0.526. The molecule has 0 aliphatic carbocycles. The second kappa shape index (κ2) is 8.65. The van der Waals surface area contributed by atoms with Crippen LogP contribution in [0.4, 0.5) is 0 Å². The highest BCUT2D eigenvalue weighted by molar-refractivity contribution is 7.19. The minimum Gasteiger partial charge on any atom is -0.386 e. The number of nitrogens with one attached hydrogen (secondary N) is 2. The van der Waals surface area contributed by atoms with Crippen LogP contribution in [-0.2, 0) is 0 Å². The van der Waals surface area contributed by atoms with Crippen LogP contribution in [0.3, 0.4) is 0 Å². The normalized spacial score (nSPS) is 20.1. The minimum absolute atomic E-state index is 0.368. The van der Waals surface area contributed by atoms with Crippen LogP contribution in [0.5, 0.6) is 0 Å². The summed E-state index contributed by atoms with van der Waals surface area (Å²) in [4.78, 5) is 7.91. The Kier molecular flexibility index (Phi) is 6.29. The third-order valence-corrected chi connectivity index (χ3v) is 5.80. The lowest BCUT2D eigenvalue weighted by Crippen LogP contribution is -2.40. The fourth-order valence-electron chi connectivity index (χ4n) is 3.21. The van der Waals surface area contributed by atoms with Crippen molar-refractivity contribution in [2.24, 2.45) is 10.9 Å². The highest BCUT2D eigenvalue weighted by Gasteiger charge is 2.19. The first-order chi connectivity index (χ1) is 12.2. The lowest BCUT2D eigenvalue weighted by Gasteiger charge is -2.16. The molecule has 1 saturated heterocycles. The first-order valence-electron chi connectivity index (χ1n) is 9.03. The van der Waals surface area contributed by atoms with E-state index in [4.69, 9.17) is 0 Å². The van der Waals surface area contributed by atoms with Crippen LogP contribution in [0.1, 0.15) is 24.3 Å². The Morgan fingerprint density at radius 1 is 1.40 bits per heavy atom. The molecule has 25 heavy (non-hydrogen) atoms. The molecule has 0 saturated carbocycles. The molecule has 0 radical (unpaired) electrons. The van der Waals surface area contributed by atoms with E-state index in [1.165, 1.54) is 23.1 Å². The molecule has 2 heterocycles. The Bertz CT molecular complexity index is 681. The topological polar surface area (TPSA) is 59.9 Å². The van der Waals surface area contributed by atoms with Crippen molar-refractivity contribution in [3.8, 4) is 0 Å². The molecule has 0 bridgehead atoms. The van der Waals surface area contributed by atoms with Gasteiger partial charge in [-0.1, -0.05) is 18.2 Å². The van der Waals surface area contributed by atoms with E-state index in [1.54, 1.807) is 11.3 Å². The van der Waals surface area contributed by atoms with Crippen molar-refractivity contribution in [3.63, 3.8) is 0 Å². The second-order valence-electron chi connectivity index (χ2n) is 6.72. The lowest BCUT2D eigenvalue weighted by molar-refractivity contribution is 0.191. The van der Waals surface area contributed by atoms with E-state index >= 15 is 0 Å². The van der Waals surface area contributed by atoms with E-state index < -0.39 is 6.10 Å². The summed E-state index contributed by atoms with van der Waals surface area (Å²) in [5.74, 6) is 1.46. The number of benzene rings is 1. The Balaban J connectivity index is 1.57. The molecule has 0 amide bonds. The number of thiophene rings is 1. The lowest BCUT2D eigenvalue weighted by atomic mass is 10.1. The molecule has 6 heteroatoms. The fourth-order valence-corrected chi connectivity index (χ4v) is 4.25. The molecule has 3 N–H and O–H groups in total. The molecule has 2 unspecified atom stereocenters. The van der Waals surface area contributed by atoms with Gasteiger partial charge in [0.25, 0.3) is 0 Å². The summed E-state index contributed by atoms with van der Waals surface area (Å²) in [6, 6.07) is 10.3. The van der Waals surface area contributed by atoms with E-state index in [9.17, 15) is 5.11 Å². The first-order valence-corrected chi connectivity index (χ1v) is 9.84. The first kappa shape index (κ1) is 18.2. The number of aliphatic hydroxyl groups is 1. The molecule has 2 atom stereocenters. The van der Waals surface area contributed by atoms with E-state index in [1.807, 2.05) is 12.1 Å². The Morgan fingerprint density at radius 2 is 2.24 bits per heavy atom. The van der Waals surface area contributed by atoms with Crippen LogP contribution in [0.15, 0.2) is 35.3 Å². The maximum absolute atomic E-state index is 10.5. The summed E-state index contributed by atoms with van der Waals surface area (Å²) in [7, 11) is 2.17. The average Bonchev–Trinajstić information content (AvgIpc) is 3.23. The Hall–Kier alpha value is -1.63. The summed E-state index contributed by atoms with van der Waals surface area (Å²) in [6.45, 7) is 6.47. The van der Waals surface area contributed by atoms with Gasteiger partial charge >= 0.3 is 0 Å². The summed E-state index contributed by atoms with van der Waals surface area (Å²) < 4.78 is 1.20. The summed E-state index contributed by atoms with van der Waals surface area (Å²) in [5, 5.41) is 18.4. The van der Waals surface area contributed by atoms with Crippen LogP contribution in [-0.4, -0.2) is 55.7 Å². The zero-order valence-electron chi connectivity index (χ0n) is 15.0. The van der Waals surface area contributed by atoms with Crippen LogP contribution in [0.2, 0.25) is 0 Å². The predicted molar refractivity (Wildman–Crippen MR) is 106 cm³/mol. The molecule has 1 aliphatic rings. The maximum Gasteiger partial charge on any atom is 0.191 e. The van der Waals surface area contributed by atoms with Gasteiger partial charge in [0.2, 0.25) is 0 Å². The van der Waals surface area contributed by atoms with Crippen LogP contribution in [0.25, 0.3) is 10.1 Å². The molecule has 2 aromatic rings. The average molecular weight is 361 g/mol. The van der Waals surface area contributed by atoms with Crippen molar-refractivity contribution in [2.75, 3.05) is 39.8 Å². The minimum atomic E-state index is -0.564. The third-order valence-electron chi connectivity index (χ3n) is 4.59. The molecular formula is C19H28N4OS. The number of guanidine groups is 1. The van der Waals surface area contributed by atoms with Crippen LogP contribution in [0, 0.1) is 5.92 Å². The molecule has 136 valence electrons. The van der Waals surface area contributed by atoms with Gasteiger partial charge in [-0.3, -0.25) is 4.99 Å². The van der Waals surface area contributed by atoms with Crippen molar-refractivity contribution in [1.29, 1.82) is 0 Å². The number of hydrogen-bond acceptors (Lipinski definition) is 4. The highest BCUT2D eigenvalue weighted by Crippen LogP contribution is 2.29. The number of nitrogens with zero attached hydrogens (tertiary/aromatic N) is 2. The SMILES string of the molecule is CCNC(=NCC(O)c1cc2ccccc2s1)NCC1CCN(C)C1. The maximum atomic E-state index is 10.5. The standard InChI is InChI=1S/C19H28N4OS/c1-3-20-19(21-11-14-8-9-23(2)13-14)22-12-16(24)18-10-15-6-4-5-7-17(15)25-18/h4-7,10,14,16,24H,3,8-9,11-13H2,1-2H3,(H2,20,21,22). The van der Waals surface area contributed by atoms with Crippen molar-refractivity contribution in [1.82, 2.24) is 15.5 Å². The molecule has 0 spiro atoms. The second-order valence-corrected chi connectivity index (χ2v) is 7.84. The van der Waals surface area contributed by atoms with E-state index in [2.05, 4.69) is 52.7 Å². The van der Waals surface area contributed by atoms with Gasteiger partial charge < -0.3 is 20.6 Å². The number of hydrogen-bond donors (Lipinski definition) is 3. The van der Waals surface area contributed by atoms with Gasteiger partial charge in [-0.05, 0) is 50.4 Å². The van der Waals surface area contributed by atoms with Crippen molar-refractivity contribution in [3.05, 3.63) is 35.2 Å². The number of likely N-dealkylation sites (tertiary alicyclic amines) is 1. The van der Waals surface area contributed by atoms with Gasteiger partial charge in [0, 0.05) is 29.2 Å². The molecule has 5 nitrogen and oxygen atoms in total. The zero-order valence-corrected chi connectivity index (χ0v) is 15.9. The molecule has 3 rings (SSSR count). The van der Waals surface area contributed by atoms with Gasteiger partial charge in [-0.25, -0.2) is 0 Å². The number of fused-ring (bicyclic) bond motifs is 1. The molecular weight excluding hydrogens is 332 g/mol. The van der Waals surface area contributed by atoms with Gasteiger partial charge in [-0.2, -0.15) is 0 Å². The van der Waals surface area contributed by atoms with E-state index in [0.717, 1.165) is 30.5 Å². The van der Waals surface area contributed by atoms with E-state index in [0.29, 0.717) is 12.5 Å².